The van der Waals surface area contributed by atoms with Crippen LogP contribution in [0.25, 0.3) is 10.2 Å². The molecule has 3 aromatic rings. The minimum atomic E-state index is -1.06. The van der Waals surface area contributed by atoms with E-state index in [0.29, 0.717) is 22.9 Å². The highest BCUT2D eigenvalue weighted by atomic mass is 35.5. The number of nitrogens with zero attached hydrogens (tertiary/aromatic N) is 1. The summed E-state index contributed by atoms with van der Waals surface area (Å²) in [4.78, 5) is 15.5. The summed E-state index contributed by atoms with van der Waals surface area (Å²) in [7, 11) is 0. The summed E-state index contributed by atoms with van der Waals surface area (Å²) in [6.45, 7) is 1.67. The number of amides is 1. The van der Waals surface area contributed by atoms with Gasteiger partial charge >= 0.3 is 0 Å². The van der Waals surface area contributed by atoms with Crippen LogP contribution in [0.4, 0.5) is 0 Å². The highest BCUT2D eigenvalue weighted by Crippen LogP contribution is 2.26. The molecule has 0 aliphatic heterocycles. The standard InChI is InChI=1S/C17H15ClN2O3S/c1-10(21)19-17(22)11-3-2-4-13(7-11)23-9-16-20-14-8-12(18)5-6-15(14)24-16/h2-8,17,22H,9H2,1H3,(H,19,21). The first-order chi connectivity index (χ1) is 11.5. The Morgan fingerprint density at radius 3 is 3.00 bits per heavy atom. The molecule has 5 nitrogen and oxygen atoms in total. The average Bonchev–Trinajstić information content (AvgIpc) is 2.94. The Labute approximate surface area is 147 Å². The molecule has 124 valence electrons. The van der Waals surface area contributed by atoms with Crippen LogP contribution in [-0.2, 0) is 11.4 Å². The highest BCUT2D eigenvalue weighted by Gasteiger charge is 2.10. The molecule has 0 radical (unpaired) electrons. The number of fused-ring (bicyclic) bond motifs is 1. The van der Waals surface area contributed by atoms with Gasteiger partial charge in [-0.25, -0.2) is 4.98 Å². The third-order valence-corrected chi connectivity index (χ3v) is 4.52. The zero-order chi connectivity index (χ0) is 17.1. The monoisotopic (exact) mass is 362 g/mol. The molecule has 3 rings (SSSR count). The van der Waals surface area contributed by atoms with Crippen LogP contribution in [0.15, 0.2) is 42.5 Å². The van der Waals surface area contributed by atoms with E-state index >= 15 is 0 Å². The summed E-state index contributed by atoms with van der Waals surface area (Å²) in [6.07, 6.45) is -1.06. The Kier molecular flexibility index (Phi) is 4.99. The van der Waals surface area contributed by atoms with E-state index in [1.165, 1.54) is 6.92 Å². The molecule has 0 saturated heterocycles. The fourth-order valence-corrected chi connectivity index (χ4v) is 3.23. The number of carbonyl (C=O) groups is 1. The predicted molar refractivity (Wildman–Crippen MR) is 94.2 cm³/mol. The minimum absolute atomic E-state index is 0.304. The maximum absolute atomic E-state index is 11.0. The Balaban J connectivity index is 1.70. The quantitative estimate of drug-likeness (QED) is 0.679. The van der Waals surface area contributed by atoms with Gasteiger partial charge in [0.15, 0.2) is 6.23 Å². The summed E-state index contributed by atoms with van der Waals surface area (Å²) in [5, 5.41) is 13.8. The number of hydrogen-bond donors (Lipinski definition) is 2. The molecule has 2 aromatic carbocycles. The Morgan fingerprint density at radius 2 is 2.21 bits per heavy atom. The SMILES string of the molecule is CC(=O)NC(O)c1cccc(OCc2nc3cc(Cl)ccc3s2)c1. The van der Waals surface area contributed by atoms with Crippen molar-refractivity contribution in [3.63, 3.8) is 0 Å². The summed E-state index contributed by atoms with van der Waals surface area (Å²) in [5.74, 6) is 0.288. The van der Waals surface area contributed by atoms with Crippen LogP contribution in [0, 0.1) is 0 Å². The van der Waals surface area contributed by atoms with Gasteiger partial charge in [-0.3, -0.25) is 4.79 Å². The zero-order valence-corrected chi connectivity index (χ0v) is 14.4. The fraction of sp³-hybridized carbons (Fsp3) is 0.176. The van der Waals surface area contributed by atoms with Gasteiger partial charge in [0.1, 0.15) is 17.4 Å². The second kappa shape index (κ2) is 7.17. The first-order valence-electron chi connectivity index (χ1n) is 7.24. The van der Waals surface area contributed by atoms with Gasteiger partial charge in [0, 0.05) is 17.5 Å². The average molecular weight is 363 g/mol. The van der Waals surface area contributed by atoms with Crippen LogP contribution in [0.2, 0.25) is 5.02 Å². The number of carbonyl (C=O) groups excluding carboxylic acids is 1. The molecule has 7 heteroatoms. The molecule has 24 heavy (non-hydrogen) atoms. The molecule has 0 saturated carbocycles. The Hall–Kier alpha value is -2.15. The molecule has 0 fully saturated rings. The lowest BCUT2D eigenvalue weighted by molar-refractivity contribution is -0.122. The van der Waals surface area contributed by atoms with Crippen LogP contribution in [-0.4, -0.2) is 16.0 Å². The smallest absolute Gasteiger partial charge is 0.219 e. The van der Waals surface area contributed by atoms with Gasteiger partial charge in [-0.2, -0.15) is 0 Å². The molecule has 1 amide bonds. The summed E-state index contributed by atoms with van der Waals surface area (Å²) in [5.41, 5.74) is 1.40. The lowest BCUT2D eigenvalue weighted by Gasteiger charge is -2.13. The van der Waals surface area contributed by atoms with Gasteiger partial charge in [0.25, 0.3) is 0 Å². The van der Waals surface area contributed by atoms with Crippen molar-refractivity contribution in [1.29, 1.82) is 0 Å². The molecular formula is C17H15ClN2O3S. The lowest BCUT2D eigenvalue weighted by Crippen LogP contribution is -2.25. The summed E-state index contributed by atoms with van der Waals surface area (Å²) in [6, 6.07) is 12.5. The zero-order valence-electron chi connectivity index (χ0n) is 12.8. The van der Waals surface area contributed by atoms with Crippen LogP contribution >= 0.6 is 22.9 Å². The first kappa shape index (κ1) is 16.7. The number of hydrogen-bond acceptors (Lipinski definition) is 5. The number of halogens is 1. The number of aliphatic hydroxyl groups is 1. The Morgan fingerprint density at radius 1 is 1.38 bits per heavy atom. The lowest BCUT2D eigenvalue weighted by atomic mass is 10.2. The molecule has 0 spiro atoms. The molecule has 1 unspecified atom stereocenters. The van der Waals surface area contributed by atoms with E-state index in [4.69, 9.17) is 16.3 Å². The number of aromatic nitrogens is 1. The second-order valence-corrected chi connectivity index (χ2v) is 6.74. The molecule has 1 aromatic heterocycles. The number of thiazole rings is 1. The second-order valence-electron chi connectivity index (χ2n) is 5.18. The van der Waals surface area contributed by atoms with Gasteiger partial charge in [0.05, 0.1) is 10.2 Å². The van der Waals surface area contributed by atoms with Crippen molar-refractivity contribution in [2.24, 2.45) is 0 Å². The molecule has 1 atom stereocenters. The van der Waals surface area contributed by atoms with E-state index < -0.39 is 6.23 Å². The third-order valence-electron chi connectivity index (χ3n) is 3.27. The number of rotatable bonds is 5. The number of benzene rings is 2. The molecular weight excluding hydrogens is 348 g/mol. The Bertz CT molecular complexity index is 881. The van der Waals surface area contributed by atoms with Gasteiger partial charge < -0.3 is 15.2 Å². The predicted octanol–water partition coefficient (Wildman–Crippen LogP) is 3.66. The van der Waals surface area contributed by atoms with Gasteiger partial charge in [-0.1, -0.05) is 23.7 Å². The molecule has 0 bridgehead atoms. The number of ether oxygens (including phenoxy) is 1. The summed E-state index contributed by atoms with van der Waals surface area (Å²) < 4.78 is 6.79. The highest BCUT2D eigenvalue weighted by molar-refractivity contribution is 7.18. The number of aliphatic hydroxyl groups excluding tert-OH is 1. The first-order valence-corrected chi connectivity index (χ1v) is 8.43. The van der Waals surface area contributed by atoms with E-state index in [1.807, 2.05) is 18.2 Å². The maximum Gasteiger partial charge on any atom is 0.219 e. The largest absolute Gasteiger partial charge is 0.486 e. The van der Waals surface area contributed by atoms with Crippen LogP contribution in [0.5, 0.6) is 5.75 Å². The van der Waals surface area contributed by atoms with E-state index in [1.54, 1.807) is 35.6 Å². The van der Waals surface area contributed by atoms with E-state index in [0.717, 1.165) is 15.2 Å². The van der Waals surface area contributed by atoms with Gasteiger partial charge in [-0.15, -0.1) is 11.3 Å². The van der Waals surface area contributed by atoms with E-state index in [-0.39, 0.29) is 5.91 Å². The van der Waals surface area contributed by atoms with Crippen molar-refractivity contribution >= 4 is 39.1 Å². The molecule has 0 aliphatic rings. The van der Waals surface area contributed by atoms with Gasteiger partial charge in [-0.05, 0) is 30.3 Å². The summed E-state index contributed by atoms with van der Waals surface area (Å²) >= 11 is 7.51. The maximum atomic E-state index is 11.0. The van der Waals surface area contributed by atoms with Crippen molar-refractivity contribution in [3.05, 3.63) is 58.1 Å². The fourth-order valence-electron chi connectivity index (χ4n) is 2.21. The minimum Gasteiger partial charge on any atom is -0.486 e. The van der Waals surface area contributed by atoms with Crippen LogP contribution in [0.3, 0.4) is 0 Å². The third kappa shape index (κ3) is 4.03. The van der Waals surface area contributed by atoms with Crippen molar-refractivity contribution in [3.8, 4) is 5.75 Å². The van der Waals surface area contributed by atoms with Crippen molar-refractivity contribution < 1.29 is 14.6 Å². The molecule has 2 N–H and O–H groups in total. The van der Waals surface area contributed by atoms with E-state index in [2.05, 4.69) is 10.3 Å². The van der Waals surface area contributed by atoms with Crippen LogP contribution in [0.1, 0.15) is 23.7 Å². The molecule has 0 aliphatic carbocycles. The van der Waals surface area contributed by atoms with Crippen molar-refractivity contribution in [2.75, 3.05) is 0 Å². The molecule has 1 heterocycles. The van der Waals surface area contributed by atoms with Crippen molar-refractivity contribution in [2.45, 2.75) is 19.8 Å². The van der Waals surface area contributed by atoms with Crippen LogP contribution < -0.4 is 10.1 Å². The van der Waals surface area contributed by atoms with Gasteiger partial charge in [0.2, 0.25) is 5.91 Å². The van der Waals surface area contributed by atoms with E-state index in [9.17, 15) is 9.90 Å². The topological polar surface area (TPSA) is 71.5 Å². The number of nitrogens with one attached hydrogen (secondary N) is 1. The normalized spacial score (nSPS) is 12.1. The van der Waals surface area contributed by atoms with Crippen molar-refractivity contribution in [1.82, 2.24) is 10.3 Å².